The van der Waals surface area contributed by atoms with Crippen molar-refractivity contribution < 1.29 is 4.39 Å². The summed E-state index contributed by atoms with van der Waals surface area (Å²) in [5.41, 5.74) is 0.865. The van der Waals surface area contributed by atoms with Crippen LogP contribution in [0, 0.1) is 5.82 Å². The van der Waals surface area contributed by atoms with Crippen molar-refractivity contribution in [2.75, 3.05) is 0 Å². The second kappa shape index (κ2) is 5.57. The number of benzene rings is 1. The minimum absolute atomic E-state index is 0.169. The van der Waals surface area contributed by atoms with Gasteiger partial charge in [-0.2, -0.15) is 0 Å². The first-order valence-electron chi connectivity index (χ1n) is 4.68. The van der Waals surface area contributed by atoms with Gasteiger partial charge in [-0.1, -0.05) is 23.7 Å². The molecule has 0 fully saturated rings. The lowest BCUT2D eigenvalue weighted by Crippen LogP contribution is -1.94. The Morgan fingerprint density at radius 3 is 2.79 bits per heavy atom. The average molecular weight is 235 g/mol. The second-order valence-electron chi connectivity index (χ2n) is 3.39. The van der Waals surface area contributed by atoms with E-state index in [-0.39, 0.29) is 16.2 Å². The number of alkyl halides is 1. The lowest BCUT2D eigenvalue weighted by atomic mass is 10.1. The van der Waals surface area contributed by atoms with Crippen molar-refractivity contribution in [2.45, 2.75) is 31.6 Å². The molecule has 1 atom stereocenters. The summed E-state index contributed by atoms with van der Waals surface area (Å²) >= 11 is 11.6. The van der Waals surface area contributed by atoms with E-state index < -0.39 is 0 Å². The molecule has 1 unspecified atom stereocenters. The number of hydrogen-bond donors (Lipinski definition) is 0. The van der Waals surface area contributed by atoms with Gasteiger partial charge in [0.25, 0.3) is 0 Å². The van der Waals surface area contributed by atoms with Gasteiger partial charge in [-0.25, -0.2) is 4.39 Å². The van der Waals surface area contributed by atoms with E-state index >= 15 is 0 Å². The Hall–Kier alpha value is -0.270. The van der Waals surface area contributed by atoms with Gasteiger partial charge < -0.3 is 0 Å². The highest BCUT2D eigenvalue weighted by molar-refractivity contribution is 6.31. The van der Waals surface area contributed by atoms with Crippen LogP contribution in [-0.2, 0) is 6.42 Å². The number of rotatable bonds is 4. The maximum absolute atomic E-state index is 13.0. The van der Waals surface area contributed by atoms with E-state index in [2.05, 4.69) is 0 Å². The summed E-state index contributed by atoms with van der Waals surface area (Å²) in [4.78, 5) is 0. The Bertz CT molecular complexity index is 297. The fourth-order valence-electron chi connectivity index (χ4n) is 1.32. The zero-order chi connectivity index (χ0) is 10.6. The van der Waals surface area contributed by atoms with Gasteiger partial charge in [-0.15, -0.1) is 11.6 Å². The van der Waals surface area contributed by atoms with Gasteiger partial charge in [0, 0.05) is 5.38 Å². The normalized spacial score (nSPS) is 12.9. The second-order valence-corrected chi connectivity index (χ2v) is 4.51. The van der Waals surface area contributed by atoms with Crippen molar-refractivity contribution in [1.82, 2.24) is 0 Å². The van der Waals surface area contributed by atoms with E-state index in [0.717, 1.165) is 24.8 Å². The van der Waals surface area contributed by atoms with Crippen LogP contribution < -0.4 is 0 Å². The maximum atomic E-state index is 13.0. The molecule has 0 saturated carbocycles. The van der Waals surface area contributed by atoms with E-state index in [9.17, 15) is 4.39 Å². The molecular weight excluding hydrogens is 222 g/mol. The van der Waals surface area contributed by atoms with Gasteiger partial charge in [0.2, 0.25) is 0 Å². The van der Waals surface area contributed by atoms with Crippen LogP contribution in [0.25, 0.3) is 0 Å². The summed E-state index contributed by atoms with van der Waals surface area (Å²) in [5.74, 6) is -0.344. The van der Waals surface area contributed by atoms with Gasteiger partial charge in [0.1, 0.15) is 5.82 Å². The molecule has 0 spiro atoms. The summed E-state index contributed by atoms with van der Waals surface area (Å²) in [6.45, 7) is 1.95. The summed E-state index contributed by atoms with van der Waals surface area (Å²) < 4.78 is 13.0. The quantitative estimate of drug-likeness (QED) is 0.677. The summed E-state index contributed by atoms with van der Waals surface area (Å²) in [7, 11) is 0. The average Bonchev–Trinajstić information content (AvgIpc) is 2.12. The highest BCUT2D eigenvalue weighted by atomic mass is 35.5. The van der Waals surface area contributed by atoms with Crippen LogP contribution in [0.5, 0.6) is 0 Å². The topological polar surface area (TPSA) is 0 Å². The van der Waals surface area contributed by atoms with E-state index in [0.29, 0.717) is 0 Å². The Morgan fingerprint density at radius 2 is 2.14 bits per heavy atom. The predicted octanol–water partition coefficient (Wildman–Crippen LogP) is 4.43. The summed E-state index contributed by atoms with van der Waals surface area (Å²) in [6, 6.07) is 4.90. The first-order chi connectivity index (χ1) is 6.61. The lowest BCUT2D eigenvalue weighted by molar-refractivity contribution is 0.624. The van der Waals surface area contributed by atoms with Crippen LogP contribution >= 0.6 is 23.2 Å². The molecule has 3 heteroatoms. The van der Waals surface area contributed by atoms with Gasteiger partial charge in [0.15, 0.2) is 0 Å². The highest BCUT2D eigenvalue weighted by Crippen LogP contribution is 2.21. The fourth-order valence-corrected chi connectivity index (χ4v) is 1.69. The zero-order valence-corrected chi connectivity index (χ0v) is 9.58. The molecule has 0 aliphatic carbocycles. The van der Waals surface area contributed by atoms with Gasteiger partial charge in [-0.05, 0) is 37.8 Å². The highest BCUT2D eigenvalue weighted by Gasteiger charge is 2.05. The van der Waals surface area contributed by atoms with E-state index in [4.69, 9.17) is 23.2 Å². The van der Waals surface area contributed by atoms with Gasteiger partial charge in [0.05, 0.1) is 5.02 Å². The molecule has 0 amide bonds. The standard InChI is InChI=1S/C11H13Cl2F/c1-8(12)4-2-5-9-6-3-7-10(14)11(9)13/h3,6-8H,2,4-5H2,1H3. The maximum Gasteiger partial charge on any atom is 0.142 e. The van der Waals surface area contributed by atoms with Crippen LogP contribution in [0.15, 0.2) is 18.2 Å². The van der Waals surface area contributed by atoms with Crippen LogP contribution in [0.4, 0.5) is 4.39 Å². The molecule has 0 bridgehead atoms. The number of halogens is 3. The van der Waals surface area contributed by atoms with Crippen molar-refractivity contribution in [2.24, 2.45) is 0 Å². The molecule has 0 heterocycles. The third-order valence-electron chi connectivity index (χ3n) is 2.08. The fraction of sp³-hybridized carbons (Fsp3) is 0.455. The molecule has 0 N–H and O–H groups in total. The molecule has 0 aromatic heterocycles. The molecule has 1 rings (SSSR count). The SMILES string of the molecule is CC(Cl)CCCc1cccc(F)c1Cl. The molecule has 14 heavy (non-hydrogen) atoms. The van der Waals surface area contributed by atoms with Crippen molar-refractivity contribution in [3.63, 3.8) is 0 Å². The molecule has 0 aliphatic rings. The number of hydrogen-bond acceptors (Lipinski definition) is 0. The predicted molar refractivity (Wildman–Crippen MR) is 59.7 cm³/mol. The van der Waals surface area contributed by atoms with E-state index in [1.807, 2.05) is 13.0 Å². The van der Waals surface area contributed by atoms with Crippen molar-refractivity contribution >= 4 is 23.2 Å². The van der Waals surface area contributed by atoms with Crippen molar-refractivity contribution in [1.29, 1.82) is 0 Å². The third kappa shape index (κ3) is 3.47. The lowest BCUT2D eigenvalue weighted by Gasteiger charge is -2.05. The Balaban J connectivity index is 2.54. The minimum atomic E-state index is -0.344. The largest absolute Gasteiger partial charge is 0.205 e. The molecule has 0 radical (unpaired) electrons. The van der Waals surface area contributed by atoms with Gasteiger partial charge in [-0.3, -0.25) is 0 Å². The van der Waals surface area contributed by atoms with Crippen LogP contribution in [0.3, 0.4) is 0 Å². The first kappa shape index (κ1) is 11.8. The van der Waals surface area contributed by atoms with Crippen LogP contribution in [0.1, 0.15) is 25.3 Å². The minimum Gasteiger partial charge on any atom is -0.205 e. The smallest absolute Gasteiger partial charge is 0.142 e. The Kier molecular flexibility index (Phi) is 4.70. The molecule has 0 saturated heterocycles. The summed E-state index contributed by atoms with van der Waals surface area (Å²) in [6.07, 6.45) is 2.65. The molecule has 0 aliphatic heterocycles. The van der Waals surface area contributed by atoms with Crippen molar-refractivity contribution in [3.8, 4) is 0 Å². The zero-order valence-electron chi connectivity index (χ0n) is 8.06. The number of aryl methyl sites for hydroxylation is 1. The molecule has 1 aromatic rings. The van der Waals surface area contributed by atoms with Crippen molar-refractivity contribution in [3.05, 3.63) is 34.6 Å². The molecular formula is C11H13Cl2F. The van der Waals surface area contributed by atoms with E-state index in [1.165, 1.54) is 6.07 Å². The molecule has 0 nitrogen and oxygen atoms in total. The van der Waals surface area contributed by atoms with E-state index in [1.54, 1.807) is 6.07 Å². The summed E-state index contributed by atoms with van der Waals surface area (Å²) in [5, 5.41) is 0.414. The van der Waals surface area contributed by atoms with Crippen LogP contribution in [0.2, 0.25) is 5.02 Å². The monoisotopic (exact) mass is 234 g/mol. The first-order valence-corrected chi connectivity index (χ1v) is 5.49. The molecule has 78 valence electrons. The van der Waals surface area contributed by atoms with Gasteiger partial charge >= 0.3 is 0 Å². The Morgan fingerprint density at radius 1 is 1.43 bits per heavy atom. The Labute approximate surface area is 94.0 Å². The third-order valence-corrected chi connectivity index (χ3v) is 2.72. The van der Waals surface area contributed by atoms with Crippen LogP contribution in [-0.4, -0.2) is 5.38 Å². The molecule has 1 aromatic carbocycles.